The molecule has 0 bridgehead atoms. The summed E-state index contributed by atoms with van der Waals surface area (Å²) in [6.45, 7) is 14.0. The fourth-order valence-electron chi connectivity index (χ4n) is 4.11. The van der Waals surface area contributed by atoms with E-state index >= 15 is 0 Å². The van der Waals surface area contributed by atoms with E-state index in [2.05, 4.69) is 41.5 Å². The van der Waals surface area contributed by atoms with Gasteiger partial charge in [-0.1, -0.05) is 112 Å². The molecular weight excluding hydrogens is 424 g/mol. The Balaban J connectivity index is 3.51. The van der Waals surface area contributed by atoms with E-state index in [4.69, 9.17) is 9.47 Å². The lowest BCUT2D eigenvalue weighted by atomic mass is 9.90. The highest BCUT2D eigenvalue weighted by Gasteiger charge is 2.23. The first-order valence-corrected chi connectivity index (χ1v) is 14.6. The third-order valence-corrected chi connectivity index (χ3v) is 6.65. The normalized spacial score (nSPS) is 12.5. The molecule has 0 aromatic carbocycles. The van der Waals surface area contributed by atoms with Crippen LogP contribution in [0.1, 0.15) is 144 Å². The first-order valence-electron chi connectivity index (χ1n) is 14.6. The molecule has 4 heteroatoms. The van der Waals surface area contributed by atoms with Crippen molar-refractivity contribution in [3.05, 3.63) is 0 Å². The summed E-state index contributed by atoms with van der Waals surface area (Å²) in [5.41, 5.74) is 0. The van der Waals surface area contributed by atoms with Crippen molar-refractivity contribution in [1.82, 2.24) is 0 Å². The molecule has 0 aliphatic carbocycles. The Morgan fingerprint density at radius 2 is 0.941 bits per heavy atom. The Bertz CT molecular complexity index is 484. The van der Waals surface area contributed by atoms with E-state index in [1.165, 1.54) is 57.8 Å². The fourth-order valence-corrected chi connectivity index (χ4v) is 4.11. The quantitative estimate of drug-likeness (QED) is 0.108. The summed E-state index contributed by atoms with van der Waals surface area (Å²) >= 11 is 0. The number of rotatable bonds is 23. The van der Waals surface area contributed by atoms with Gasteiger partial charge in [-0.2, -0.15) is 0 Å². The van der Waals surface area contributed by atoms with Crippen LogP contribution < -0.4 is 0 Å². The molecule has 0 saturated carbocycles. The molecule has 0 saturated heterocycles. The van der Waals surface area contributed by atoms with Gasteiger partial charge in [0.05, 0.1) is 19.1 Å². The minimum atomic E-state index is -0.0260. The van der Waals surface area contributed by atoms with Crippen molar-refractivity contribution in [3.63, 3.8) is 0 Å². The largest absolute Gasteiger partial charge is 0.466 e. The summed E-state index contributed by atoms with van der Waals surface area (Å²) in [5, 5.41) is 0. The first-order chi connectivity index (χ1) is 16.2. The van der Waals surface area contributed by atoms with Crippen LogP contribution in [0.5, 0.6) is 0 Å². The molecule has 1 unspecified atom stereocenters. The zero-order chi connectivity index (χ0) is 25.6. The molecule has 1 atom stereocenters. The highest BCUT2D eigenvalue weighted by Crippen LogP contribution is 2.22. The van der Waals surface area contributed by atoms with Gasteiger partial charge in [0.1, 0.15) is 0 Å². The van der Waals surface area contributed by atoms with Crippen molar-refractivity contribution in [3.8, 4) is 0 Å². The Morgan fingerprint density at radius 1 is 0.529 bits per heavy atom. The van der Waals surface area contributed by atoms with Gasteiger partial charge in [0.2, 0.25) is 0 Å². The fraction of sp³-hybridized carbons (Fsp3) is 0.933. The second-order valence-corrected chi connectivity index (χ2v) is 11.4. The van der Waals surface area contributed by atoms with E-state index in [0.717, 1.165) is 38.5 Å². The van der Waals surface area contributed by atoms with Crippen LogP contribution in [0, 0.1) is 23.7 Å². The summed E-state index contributed by atoms with van der Waals surface area (Å²) in [5.74, 6) is 1.57. The molecule has 0 aromatic rings. The lowest BCUT2D eigenvalue weighted by Crippen LogP contribution is -2.23. The number of hydrogen-bond donors (Lipinski definition) is 0. The molecule has 0 aliphatic rings. The maximum atomic E-state index is 12.4. The second kappa shape index (κ2) is 22.4. The van der Waals surface area contributed by atoms with E-state index in [-0.39, 0.29) is 17.9 Å². The van der Waals surface area contributed by atoms with E-state index in [0.29, 0.717) is 37.4 Å². The summed E-state index contributed by atoms with van der Waals surface area (Å²) < 4.78 is 10.8. The van der Waals surface area contributed by atoms with Crippen LogP contribution in [0.3, 0.4) is 0 Å². The molecule has 0 N–H and O–H groups in total. The average Bonchev–Trinajstić information content (AvgIpc) is 2.75. The molecule has 0 aromatic heterocycles. The second-order valence-electron chi connectivity index (χ2n) is 11.4. The summed E-state index contributed by atoms with van der Waals surface area (Å²) in [6.07, 6.45) is 18.3. The van der Waals surface area contributed by atoms with Gasteiger partial charge in [0, 0.05) is 6.42 Å². The third kappa shape index (κ3) is 21.5. The summed E-state index contributed by atoms with van der Waals surface area (Å²) in [6, 6.07) is 0. The van der Waals surface area contributed by atoms with Crippen LogP contribution in [0.4, 0.5) is 0 Å². The number of carbonyl (C=O) groups is 2. The van der Waals surface area contributed by atoms with Crippen molar-refractivity contribution >= 4 is 11.9 Å². The van der Waals surface area contributed by atoms with Crippen molar-refractivity contribution in [1.29, 1.82) is 0 Å². The predicted molar refractivity (Wildman–Crippen MR) is 144 cm³/mol. The Hall–Kier alpha value is -1.06. The van der Waals surface area contributed by atoms with Crippen LogP contribution in [0.15, 0.2) is 0 Å². The molecule has 4 nitrogen and oxygen atoms in total. The van der Waals surface area contributed by atoms with Crippen LogP contribution >= 0.6 is 0 Å². The lowest BCUT2D eigenvalue weighted by molar-refractivity contribution is -0.150. The highest BCUT2D eigenvalue weighted by atomic mass is 16.5. The van der Waals surface area contributed by atoms with Crippen molar-refractivity contribution in [2.45, 2.75) is 144 Å². The molecule has 34 heavy (non-hydrogen) atoms. The Labute approximate surface area is 212 Å². The van der Waals surface area contributed by atoms with Gasteiger partial charge in [-0.25, -0.2) is 0 Å². The topological polar surface area (TPSA) is 52.6 Å². The lowest BCUT2D eigenvalue weighted by Gasteiger charge is -2.19. The highest BCUT2D eigenvalue weighted by molar-refractivity contribution is 5.72. The molecule has 0 fully saturated rings. The van der Waals surface area contributed by atoms with Crippen molar-refractivity contribution in [2.75, 3.05) is 13.2 Å². The summed E-state index contributed by atoms with van der Waals surface area (Å²) in [7, 11) is 0. The number of carbonyl (C=O) groups excluding carboxylic acids is 2. The minimum Gasteiger partial charge on any atom is -0.466 e. The smallest absolute Gasteiger partial charge is 0.309 e. The molecular formula is C30H58O4. The Morgan fingerprint density at radius 3 is 1.38 bits per heavy atom. The maximum absolute atomic E-state index is 12.4. The van der Waals surface area contributed by atoms with Crippen LogP contribution in [0.2, 0.25) is 0 Å². The van der Waals surface area contributed by atoms with E-state index in [1.807, 2.05) is 0 Å². The van der Waals surface area contributed by atoms with Gasteiger partial charge in [-0.15, -0.1) is 0 Å². The molecule has 0 spiro atoms. The standard InChI is InChI=1S/C30H58O4/c1-25(2)21-23-33-29(31)20-18-16-14-12-10-8-7-9-11-13-15-17-19-28(27(5)6)30(32)34-24-22-26(3)4/h25-28H,7-24H2,1-6H3. The Kier molecular flexibility index (Phi) is 21.7. The van der Waals surface area contributed by atoms with Gasteiger partial charge in [-0.05, 0) is 43.4 Å². The molecule has 0 aliphatic heterocycles. The molecule has 0 heterocycles. The maximum Gasteiger partial charge on any atom is 0.309 e. The zero-order valence-electron chi connectivity index (χ0n) is 23.7. The van der Waals surface area contributed by atoms with Gasteiger partial charge >= 0.3 is 11.9 Å². The van der Waals surface area contributed by atoms with Gasteiger partial charge in [0.15, 0.2) is 0 Å². The van der Waals surface area contributed by atoms with Crippen LogP contribution in [-0.2, 0) is 19.1 Å². The number of esters is 2. The zero-order valence-corrected chi connectivity index (χ0v) is 23.7. The predicted octanol–water partition coefficient (Wildman–Crippen LogP) is 8.90. The van der Waals surface area contributed by atoms with Gasteiger partial charge in [0.25, 0.3) is 0 Å². The number of ether oxygens (including phenoxy) is 2. The molecule has 0 radical (unpaired) electrons. The summed E-state index contributed by atoms with van der Waals surface area (Å²) in [4.78, 5) is 24.0. The van der Waals surface area contributed by atoms with E-state index < -0.39 is 0 Å². The van der Waals surface area contributed by atoms with Crippen LogP contribution in [-0.4, -0.2) is 25.2 Å². The van der Waals surface area contributed by atoms with Crippen molar-refractivity contribution in [2.24, 2.45) is 23.7 Å². The number of hydrogen-bond acceptors (Lipinski definition) is 4. The van der Waals surface area contributed by atoms with E-state index in [1.54, 1.807) is 0 Å². The molecule has 0 rings (SSSR count). The third-order valence-electron chi connectivity index (χ3n) is 6.65. The SMILES string of the molecule is CC(C)CCOC(=O)CCCCCCCCCCCCCCC(C(=O)OCCC(C)C)C(C)C. The van der Waals surface area contributed by atoms with E-state index in [9.17, 15) is 9.59 Å². The van der Waals surface area contributed by atoms with Gasteiger partial charge < -0.3 is 9.47 Å². The monoisotopic (exact) mass is 482 g/mol. The van der Waals surface area contributed by atoms with Gasteiger partial charge in [-0.3, -0.25) is 9.59 Å². The first kappa shape index (κ1) is 32.9. The van der Waals surface area contributed by atoms with Crippen molar-refractivity contribution < 1.29 is 19.1 Å². The average molecular weight is 483 g/mol. The molecule has 202 valence electrons. The minimum absolute atomic E-state index is 0.0113. The van der Waals surface area contributed by atoms with Crippen LogP contribution in [0.25, 0.3) is 0 Å². The number of unbranched alkanes of at least 4 members (excludes halogenated alkanes) is 11. The molecule has 0 amide bonds.